The minimum Gasteiger partial charge on any atom is -0.463 e. The molecule has 13 heteroatoms. The van der Waals surface area contributed by atoms with Crippen molar-refractivity contribution in [3.05, 3.63) is 71.3 Å². The smallest absolute Gasteiger partial charge is 0.314 e. The lowest BCUT2D eigenvalue weighted by Crippen LogP contribution is -2.67. The number of hydrogen-bond acceptors (Lipinski definition) is 12. The molecule has 260 valence electrons. The lowest BCUT2D eigenvalue weighted by Gasteiger charge is -2.44. The molecule has 13 nitrogen and oxygen atoms in total. The second-order valence-corrected chi connectivity index (χ2v) is 11.9. The molecule has 1 aliphatic rings. The summed E-state index contributed by atoms with van der Waals surface area (Å²) < 4.78 is 33.0. The summed E-state index contributed by atoms with van der Waals surface area (Å²) in [4.78, 5) is 75.6. The summed E-state index contributed by atoms with van der Waals surface area (Å²) in [6, 6.07) is 14.3. The summed E-state index contributed by atoms with van der Waals surface area (Å²) in [7, 11) is 0. The highest BCUT2D eigenvalue weighted by molar-refractivity contribution is 5.87. The molecule has 1 fully saturated rings. The van der Waals surface area contributed by atoms with Gasteiger partial charge in [-0.1, -0.05) is 68.4 Å². The maximum Gasteiger partial charge on any atom is 0.314 e. The van der Waals surface area contributed by atoms with Crippen LogP contribution in [0.2, 0.25) is 0 Å². The zero-order valence-corrected chi connectivity index (χ0v) is 28.1. The van der Waals surface area contributed by atoms with Crippen molar-refractivity contribution in [3.8, 4) is 0 Å². The van der Waals surface area contributed by atoms with Crippen molar-refractivity contribution >= 4 is 35.8 Å². The average molecular weight is 670 g/mol. The second-order valence-electron chi connectivity index (χ2n) is 11.9. The third kappa shape index (κ3) is 10.9. The lowest BCUT2D eigenvalue weighted by atomic mass is 9.95. The summed E-state index contributed by atoms with van der Waals surface area (Å²) in [6.07, 6.45) is -6.42. The summed E-state index contributed by atoms with van der Waals surface area (Å²) in [5.41, 5.74) is 2.13. The summed E-state index contributed by atoms with van der Waals surface area (Å²) in [5, 5.41) is 2.63. The van der Waals surface area contributed by atoms with Gasteiger partial charge in [0.05, 0.1) is 5.92 Å². The number of nitrogens with one attached hydrogen (secondary N) is 1. The van der Waals surface area contributed by atoms with Crippen LogP contribution in [0.15, 0.2) is 54.6 Å². The van der Waals surface area contributed by atoms with E-state index in [1.54, 1.807) is 37.3 Å². The number of carbonyl (C=O) groups is 6. The Labute approximate surface area is 279 Å². The highest BCUT2D eigenvalue weighted by atomic mass is 16.7. The van der Waals surface area contributed by atoms with E-state index in [-0.39, 0.29) is 0 Å². The Balaban J connectivity index is 1.97. The van der Waals surface area contributed by atoms with Crippen LogP contribution in [-0.2, 0) is 63.6 Å². The first-order chi connectivity index (χ1) is 22.7. The third-order valence-corrected chi connectivity index (χ3v) is 7.34. The minimum atomic E-state index is -1.61. The summed E-state index contributed by atoms with van der Waals surface area (Å²) >= 11 is 0. The van der Waals surface area contributed by atoms with Crippen LogP contribution in [0.5, 0.6) is 0 Å². The van der Waals surface area contributed by atoms with Gasteiger partial charge in [-0.15, -0.1) is 0 Å². The van der Waals surface area contributed by atoms with Gasteiger partial charge in [0.25, 0.3) is 5.91 Å². The van der Waals surface area contributed by atoms with E-state index in [4.69, 9.17) is 28.4 Å². The van der Waals surface area contributed by atoms with Crippen molar-refractivity contribution in [2.75, 3.05) is 6.61 Å². The largest absolute Gasteiger partial charge is 0.463 e. The van der Waals surface area contributed by atoms with E-state index < -0.39 is 85.0 Å². The molecule has 3 unspecified atom stereocenters. The lowest BCUT2D eigenvalue weighted by molar-refractivity contribution is -0.271. The van der Waals surface area contributed by atoms with Gasteiger partial charge in [-0.05, 0) is 30.4 Å². The van der Waals surface area contributed by atoms with Gasteiger partial charge < -0.3 is 33.7 Å². The van der Waals surface area contributed by atoms with E-state index in [9.17, 15) is 28.8 Å². The molecule has 48 heavy (non-hydrogen) atoms. The maximum atomic E-state index is 14.0. The molecular formula is C35H43NO12. The molecule has 2 aromatic rings. The van der Waals surface area contributed by atoms with Crippen molar-refractivity contribution in [1.82, 2.24) is 5.32 Å². The molecule has 0 aromatic heterocycles. The molecule has 3 rings (SSSR count). The van der Waals surface area contributed by atoms with E-state index in [2.05, 4.69) is 19.2 Å². The van der Waals surface area contributed by atoms with E-state index >= 15 is 0 Å². The van der Waals surface area contributed by atoms with Crippen LogP contribution in [0.4, 0.5) is 0 Å². The van der Waals surface area contributed by atoms with Gasteiger partial charge in [0, 0.05) is 33.3 Å². The zero-order chi connectivity index (χ0) is 35.5. The predicted molar refractivity (Wildman–Crippen MR) is 169 cm³/mol. The molecule has 7 atom stereocenters. The van der Waals surface area contributed by atoms with Crippen molar-refractivity contribution in [2.45, 2.75) is 97.6 Å². The Morgan fingerprint density at radius 2 is 1.31 bits per heavy atom. The summed E-state index contributed by atoms with van der Waals surface area (Å²) in [6.45, 7) is 9.85. The first kappa shape index (κ1) is 37.7. The fourth-order valence-electron chi connectivity index (χ4n) is 5.23. The molecule has 0 radical (unpaired) electrons. The van der Waals surface area contributed by atoms with Gasteiger partial charge in [0.2, 0.25) is 12.4 Å². The average Bonchev–Trinajstić information content (AvgIpc) is 3.01. The van der Waals surface area contributed by atoms with Gasteiger partial charge in [-0.25, -0.2) is 0 Å². The zero-order valence-electron chi connectivity index (χ0n) is 28.1. The van der Waals surface area contributed by atoms with Gasteiger partial charge in [-0.3, -0.25) is 28.8 Å². The minimum absolute atomic E-state index is 0.317. The number of amides is 1. The normalized spacial score (nSPS) is 21.6. The number of rotatable bonds is 13. The first-order valence-electron chi connectivity index (χ1n) is 15.6. The van der Waals surface area contributed by atoms with E-state index in [0.29, 0.717) is 17.0 Å². The molecule has 0 saturated carbocycles. The van der Waals surface area contributed by atoms with Gasteiger partial charge in [-0.2, -0.15) is 0 Å². The van der Waals surface area contributed by atoms with Crippen LogP contribution in [0, 0.1) is 5.92 Å². The standard InChI is InChI=1S/C35H43NO12/c1-19(2)17-25-13-15-26(16-14-25)20(3)34(42)48-30(27-11-9-8-10-12-27)33(41)36-29-32(45-23(6)39)31(44-22(5)38)28(18-43-21(4)37)47-35(29)46-24(7)40/h8-16,19-20,28-32,35H,17-18H2,1-7H3,(H,36,41)/t20?,28-,29-,30?,31-,32-,35?/m1/s1. The maximum absolute atomic E-state index is 14.0. The Hall–Kier alpha value is -4.78. The topological polar surface area (TPSA) is 170 Å². The fourth-order valence-corrected chi connectivity index (χ4v) is 5.23. The van der Waals surface area contributed by atoms with Crippen LogP contribution < -0.4 is 5.32 Å². The Bertz CT molecular complexity index is 1440. The Morgan fingerprint density at radius 1 is 0.729 bits per heavy atom. The van der Waals surface area contributed by atoms with E-state index in [1.165, 1.54) is 0 Å². The molecule has 1 heterocycles. The van der Waals surface area contributed by atoms with Gasteiger partial charge in [0.15, 0.2) is 12.2 Å². The highest BCUT2D eigenvalue weighted by Crippen LogP contribution is 2.30. The second kappa shape index (κ2) is 17.4. The summed E-state index contributed by atoms with van der Waals surface area (Å²) in [5.74, 6) is -4.98. The molecule has 1 saturated heterocycles. The number of benzene rings is 2. The van der Waals surface area contributed by atoms with Gasteiger partial charge in [0.1, 0.15) is 18.8 Å². The predicted octanol–water partition coefficient (Wildman–Crippen LogP) is 3.47. The van der Waals surface area contributed by atoms with E-state index in [0.717, 1.165) is 39.7 Å². The van der Waals surface area contributed by atoms with Crippen molar-refractivity contribution < 1.29 is 57.2 Å². The molecule has 0 aliphatic carbocycles. The molecule has 1 amide bonds. The van der Waals surface area contributed by atoms with Gasteiger partial charge >= 0.3 is 29.8 Å². The molecule has 1 aliphatic heterocycles. The molecule has 0 bridgehead atoms. The Morgan fingerprint density at radius 3 is 1.85 bits per heavy atom. The monoisotopic (exact) mass is 669 g/mol. The quantitative estimate of drug-likeness (QED) is 0.244. The van der Waals surface area contributed by atoms with E-state index in [1.807, 2.05) is 24.3 Å². The van der Waals surface area contributed by atoms with Crippen LogP contribution in [0.3, 0.4) is 0 Å². The van der Waals surface area contributed by atoms with Crippen LogP contribution in [0.1, 0.15) is 77.2 Å². The van der Waals surface area contributed by atoms with Crippen LogP contribution >= 0.6 is 0 Å². The van der Waals surface area contributed by atoms with Crippen molar-refractivity contribution in [1.29, 1.82) is 0 Å². The number of hydrogen-bond donors (Lipinski definition) is 1. The van der Waals surface area contributed by atoms with Crippen LogP contribution in [-0.4, -0.2) is 73.0 Å². The molecule has 2 aromatic carbocycles. The number of ether oxygens (including phenoxy) is 6. The van der Waals surface area contributed by atoms with Crippen molar-refractivity contribution in [3.63, 3.8) is 0 Å². The molecular weight excluding hydrogens is 626 g/mol. The first-order valence-corrected chi connectivity index (χ1v) is 15.6. The third-order valence-electron chi connectivity index (χ3n) is 7.34. The Kier molecular flexibility index (Phi) is 13.7. The fraction of sp³-hybridized carbons (Fsp3) is 0.486. The highest BCUT2D eigenvalue weighted by Gasteiger charge is 2.53. The molecule has 0 spiro atoms. The number of carbonyl (C=O) groups excluding carboxylic acids is 6. The number of esters is 5. The van der Waals surface area contributed by atoms with Crippen LogP contribution in [0.25, 0.3) is 0 Å². The SMILES string of the molecule is CC(=O)OC[C@H]1OC(OC(C)=O)[C@H](NC(=O)C(OC(=O)C(C)c2ccc(CC(C)C)cc2)c2ccccc2)[C@@H](OC(C)=O)[C@@H]1OC(C)=O. The molecule has 1 N–H and O–H groups in total. The van der Waals surface area contributed by atoms with Crippen molar-refractivity contribution in [2.24, 2.45) is 5.92 Å².